The van der Waals surface area contributed by atoms with Gasteiger partial charge in [-0.2, -0.15) is 0 Å². The molecule has 0 saturated carbocycles. The van der Waals surface area contributed by atoms with Gasteiger partial charge in [-0.05, 0) is 30.0 Å². The van der Waals surface area contributed by atoms with Crippen LogP contribution in [0.5, 0.6) is 5.75 Å². The lowest BCUT2D eigenvalue weighted by molar-refractivity contribution is -0.623. The van der Waals surface area contributed by atoms with Crippen LogP contribution in [0.15, 0.2) is 41.5 Å². The van der Waals surface area contributed by atoms with Crippen LogP contribution in [-0.4, -0.2) is 92.8 Å². The van der Waals surface area contributed by atoms with Crippen LogP contribution in [-0.2, 0) is 5.41 Å². The number of fused-ring (bicyclic) bond motifs is 1. The van der Waals surface area contributed by atoms with Crippen LogP contribution in [0, 0.1) is 0 Å². The molecular formula is C26H34N9O5+. The molecule has 0 aliphatic carbocycles. The molecule has 1 saturated heterocycles. The highest BCUT2D eigenvalue weighted by Gasteiger charge is 2.75. The van der Waals surface area contributed by atoms with Gasteiger partial charge in [-0.15, -0.1) is 0 Å². The summed E-state index contributed by atoms with van der Waals surface area (Å²) < 4.78 is 7.40. The van der Waals surface area contributed by atoms with Crippen molar-refractivity contribution in [2.75, 3.05) is 19.7 Å². The van der Waals surface area contributed by atoms with Gasteiger partial charge in [0.1, 0.15) is 29.6 Å². The lowest BCUT2D eigenvalue weighted by atomic mass is 9.79. The Morgan fingerprint density at radius 2 is 2.00 bits per heavy atom. The van der Waals surface area contributed by atoms with Crippen LogP contribution in [0.4, 0.5) is 0 Å². The van der Waals surface area contributed by atoms with Crippen molar-refractivity contribution in [1.29, 1.82) is 0 Å². The van der Waals surface area contributed by atoms with Gasteiger partial charge in [0.25, 0.3) is 11.8 Å². The summed E-state index contributed by atoms with van der Waals surface area (Å²) in [5.74, 6) is -2.88. The largest absolute Gasteiger partial charge is 0.492 e. The Labute approximate surface area is 229 Å². The maximum Gasteiger partial charge on any atom is 0.346 e. The van der Waals surface area contributed by atoms with Gasteiger partial charge in [-0.25, -0.2) is 9.57 Å². The number of carbonyl (C=O) groups is 2. The number of amides is 2. The third-order valence-corrected chi connectivity index (χ3v) is 8.46. The minimum absolute atomic E-state index is 0.0283. The van der Waals surface area contributed by atoms with E-state index in [-0.39, 0.29) is 36.3 Å². The van der Waals surface area contributed by atoms with E-state index in [1.807, 2.05) is 6.07 Å². The fraction of sp³-hybridized carbons (Fsp3) is 0.462. The van der Waals surface area contributed by atoms with Crippen molar-refractivity contribution >= 4 is 23.7 Å². The molecule has 0 radical (unpaired) electrons. The molecule has 1 unspecified atom stereocenters. The van der Waals surface area contributed by atoms with Crippen molar-refractivity contribution in [1.82, 2.24) is 26.3 Å². The van der Waals surface area contributed by atoms with Crippen LogP contribution in [0.3, 0.4) is 0 Å². The molecule has 14 nitrogen and oxygen atoms in total. The van der Waals surface area contributed by atoms with E-state index >= 15 is 0 Å². The normalized spacial score (nSPS) is 29.1. The van der Waals surface area contributed by atoms with E-state index in [1.165, 1.54) is 4.58 Å². The molecule has 11 N–H and O–H groups in total. The third kappa shape index (κ3) is 3.70. The first kappa shape index (κ1) is 26.0. The maximum absolute atomic E-state index is 13.6. The summed E-state index contributed by atoms with van der Waals surface area (Å²) in [4.78, 5) is 33.4. The van der Waals surface area contributed by atoms with Crippen LogP contribution in [0.2, 0.25) is 0 Å². The van der Waals surface area contributed by atoms with Gasteiger partial charge in [0.05, 0.1) is 25.3 Å². The molecule has 5 heterocycles. The standard InChI is InChI=1S/C26H33N9O5/c1-24(2)8-10-40-18-13(5-3-6-14(18)24)20(36)32-17-12-35-23(28)31-16(11-30-21(37)15-7-4-9-29-15)19-25(35,26(17,38)39)34-22(27)33-19/h3-7,9,16-17,19,38-39H,8,10-12H2,1-2H3,(H8,27,28,29,30,31,32,33,34,36,37)/p+1/t16-,17?,19-,25-/m0/s1. The number of hydrogen-bond acceptors (Lipinski definition) is 10. The molecule has 40 heavy (non-hydrogen) atoms. The Kier molecular flexibility index (Phi) is 5.75. The second kappa shape index (κ2) is 8.86. The number of benzene rings is 1. The molecule has 2 aromatic rings. The first-order chi connectivity index (χ1) is 19.0. The average Bonchev–Trinajstić information content (AvgIpc) is 3.61. The number of aliphatic imine (C=N–C) groups is 1. The van der Waals surface area contributed by atoms with Crippen molar-refractivity contribution < 1.29 is 29.1 Å². The van der Waals surface area contributed by atoms with Crippen LogP contribution in [0.25, 0.3) is 0 Å². The molecule has 4 aliphatic heterocycles. The summed E-state index contributed by atoms with van der Waals surface area (Å²) >= 11 is 0. The minimum atomic E-state index is -2.58. The highest BCUT2D eigenvalue weighted by molar-refractivity contribution is 5.98. The first-order valence-corrected chi connectivity index (χ1v) is 13.2. The molecule has 212 valence electrons. The van der Waals surface area contributed by atoms with E-state index in [2.05, 4.69) is 45.1 Å². The second-order valence-electron chi connectivity index (χ2n) is 11.3. The van der Waals surface area contributed by atoms with Gasteiger partial charge in [-0.1, -0.05) is 26.0 Å². The monoisotopic (exact) mass is 552 g/mol. The topological polar surface area (TPSA) is 215 Å². The van der Waals surface area contributed by atoms with E-state index in [4.69, 9.17) is 16.2 Å². The molecular weight excluding hydrogens is 518 g/mol. The number of para-hydroxylation sites is 1. The van der Waals surface area contributed by atoms with Crippen molar-refractivity contribution in [2.24, 2.45) is 16.5 Å². The Morgan fingerprint density at radius 3 is 2.75 bits per heavy atom. The number of H-pyrrole nitrogens is 1. The predicted molar refractivity (Wildman–Crippen MR) is 144 cm³/mol. The van der Waals surface area contributed by atoms with E-state index < -0.39 is 35.5 Å². The quantitative estimate of drug-likeness (QED) is 0.142. The summed E-state index contributed by atoms with van der Waals surface area (Å²) in [7, 11) is 0. The molecule has 4 aliphatic rings. The Morgan fingerprint density at radius 1 is 1.20 bits per heavy atom. The highest BCUT2D eigenvalue weighted by atomic mass is 16.5. The SMILES string of the molecule is CC1(C)CCOc2c(C(=O)NC3C[N+]4=C(N)N[C@@H](CNC(=O)c5ccc[nH]5)[C@@H]5N=C(N)N[C@@]54C3(O)O)cccc21. The number of nitrogens with zero attached hydrogens (tertiary/aromatic N) is 2. The molecule has 1 spiro atoms. The molecule has 1 aromatic carbocycles. The zero-order valence-electron chi connectivity index (χ0n) is 22.2. The Balaban J connectivity index is 1.28. The molecule has 6 rings (SSSR count). The lowest BCUT2D eigenvalue weighted by Crippen LogP contribution is -2.79. The number of nitrogens with one attached hydrogen (secondary N) is 5. The molecule has 14 heteroatoms. The fourth-order valence-electron chi connectivity index (χ4n) is 6.28. The van der Waals surface area contributed by atoms with Gasteiger partial charge in [0.15, 0.2) is 5.96 Å². The lowest BCUT2D eigenvalue weighted by Gasteiger charge is -2.43. The van der Waals surface area contributed by atoms with Gasteiger partial charge in [0.2, 0.25) is 11.4 Å². The van der Waals surface area contributed by atoms with Crippen LogP contribution in [0.1, 0.15) is 46.7 Å². The van der Waals surface area contributed by atoms with Crippen molar-refractivity contribution in [3.63, 3.8) is 0 Å². The number of aromatic nitrogens is 1. The second-order valence-corrected chi connectivity index (χ2v) is 11.3. The number of hydrogen-bond donors (Lipinski definition) is 9. The molecule has 1 fully saturated rings. The molecule has 2 amide bonds. The fourth-order valence-corrected chi connectivity index (χ4v) is 6.28. The zero-order valence-corrected chi connectivity index (χ0v) is 22.2. The van der Waals surface area contributed by atoms with Crippen LogP contribution >= 0.6 is 0 Å². The number of carbonyl (C=O) groups excluding carboxylic acids is 2. The van der Waals surface area contributed by atoms with E-state index in [1.54, 1.807) is 30.5 Å². The Hall–Kier alpha value is -4.30. The van der Waals surface area contributed by atoms with Crippen molar-refractivity contribution in [3.05, 3.63) is 53.3 Å². The Bertz CT molecular complexity index is 1430. The number of guanidine groups is 2. The smallest absolute Gasteiger partial charge is 0.346 e. The first-order valence-electron chi connectivity index (χ1n) is 13.2. The molecule has 4 atom stereocenters. The summed E-state index contributed by atoms with van der Waals surface area (Å²) in [6.07, 6.45) is 2.44. The molecule has 0 bridgehead atoms. The number of aromatic amines is 1. The summed E-state index contributed by atoms with van der Waals surface area (Å²) in [5.41, 5.74) is 12.1. The molecule has 1 aromatic heterocycles. The number of ether oxygens (including phenoxy) is 1. The zero-order chi connectivity index (χ0) is 28.4. The number of rotatable bonds is 5. The van der Waals surface area contributed by atoms with Gasteiger partial charge in [0, 0.05) is 11.8 Å². The van der Waals surface area contributed by atoms with Crippen molar-refractivity contribution in [3.8, 4) is 5.75 Å². The number of aliphatic hydroxyl groups is 2. The highest BCUT2D eigenvalue weighted by Crippen LogP contribution is 2.43. The minimum Gasteiger partial charge on any atom is -0.492 e. The summed E-state index contributed by atoms with van der Waals surface area (Å²) in [5, 5.41) is 35.0. The van der Waals surface area contributed by atoms with Crippen molar-refractivity contribution in [2.45, 2.75) is 55.3 Å². The predicted octanol–water partition coefficient (Wildman–Crippen LogP) is -2.42. The van der Waals surface area contributed by atoms with E-state index in [9.17, 15) is 19.8 Å². The van der Waals surface area contributed by atoms with Gasteiger partial charge in [-0.3, -0.25) is 20.6 Å². The van der Waals surface area contributed by atoms with Gasteiger partial charge >= 0.3 is 5.96 Å². The number of nitrogens with two attached hydrogens (primary N) is 2. The van der Waals surface area contributed by atoms with E-state index in [0.717, 1.165) is 12.0 Å². The summed E-state index contributed by atoms with van der Waals surface area (Å²) in [6, 6.07) is 5.96. The third-order valence-electron chi connectivity index (χ3n) is 8.46. The average molecular weight is 553 g/mol. The summed E-state index contributed by atoms with van der Waals surface area (Å²) in [6.45, 7) is 4.64. The van der Waals surface area contributed by atoms with Gasteiger partial charge < -0.3 is 41.6 Å². The van der Waals surface area contributed by atoms with Crippen LogP contribution < -0.4 is 37.5 Å². The maximum atomic E-state index is 13.6. The van der Waals surface area contributed by atoms with E-state index in [0.29, 0.717) is 23.6 Å².